The molecule has 1 nitrogen and oxygen atoms in total. The number of rotatable bonds is 0. The minimum atomic E-state index is 0.155. The predicted octanol–water partition coefficient (Wildman–Crippen LogP) is 5.40. The highest BCUT2D eigenvalue weighted by Gasteiger charge is 2.55. The van der Waals surface area contributed by atoms with Crippen LogP contribution >= 0.6 is 0 Å². The van der Waals surface area contributed by atoms with E-state index in [2.05, 4.69) is 39.2 Å². The Bertz CT molecular complexity index is 687. The summed E-state index contributed by atoms with van der Waals surface area (Å²) in [5, 5.41) is 0. The van der Waals surface area contributed by atoms with E-state index in [4.69, 9.17) is 0 Å². The van der Waals surface area contributed by atoms with Crippen LogP contribution in [0.1, 0.15) is 59.3 Å². The van der Waals surface area contributed by atoms with Crippen LogP contribution in [0.25, 0.3) is 0 Å². The van der Waals surface area contributed by atoms with E-state index in [1.165, 1.54) is 24.0 Å². The number of fused-ring (bicyclic) bond motifs is 5. The van der Waals surface area contributed by atoms with Crippen molar-refractivity contribution < 1.29 is 4.79 Å². The molecule has 0 spiro atoms. The zero-order chi connectivity index (χ0) is 16.4. The summed E-state index contributed by atoms with van der Waals surface area (Å²) < 4.78 is 0. The smallest absolute Gasteiger partial charge is 0.155 e. The molecule has 1 heteroatoms. The molecule has 4 aliphatic carbocycles. The van der Waals surface area contributed by atoms with E-state index in [1.54, 1.807) is 5.57 Å². The second kappa shape index (κ2) is 4.84. The molecule has 0 aromatic carbocycles. The first-order chi connectivity index (χ1) is 10.9. The fraction of sp³-hybridized carbons (Fsp3) is 0.636. The van der Waals surface area contributed by atoms with Gasteiger partial charge in [-0.05, 0) is 61.5 Å². The molecule has 2 saturated carbocycles. The molecule has 4 rings (SSSR count). The second-order valence-corrected chi connectivity index (χ2v) is 8.73. The topological polar surface area (TPSA) is 17.1 Å². The normalized spacial score (nSPS) is 45.4. The van der Waals surface area contributed by atoms with Gasteiger partial charge in [0.25, 0.3) is 0 Å². The fourth-order valence-corrected chi connectivity index (χ4v) is 6.40. The molecule has 0 aromatic rings. The largest absolute Gasteiger partial charge is 0.295 e. The molecule has 5 atom stereocenters. The fourth-order valence-electron chi connectivity index (χ4n) is 6.40. The van der Waals surface area contributed by atoms with Crippen LogP contribution in [0.15, 0.2) is 41.2 Å². The van der Waals surface area contributed by atoms with Crippen molar-refractivity contribution in [3.8, 4) is 0 Å². The Kier molecular flexibility index (Phi) is 3.20. The van der Waals surface area contributed by atoms with E-state index in [0.717, 1.165) is 31.6 Å². The van der Waals surface area contributed by atoms with Gasteiger partial charge in [-0.2, -0.15) is 0 Å². The van der Waals surface area contributed by atoms with Crippen LogP contribution in [0.2, 0.25) is 0 Å². The maximum Gasteiger partial charge on any atom is 0.155 e. The van der Waals surface area contributed by atoms with E-state index < -0.39 is 0 Å². The Morgan fingerprint density at radius 2 is 2.09 bits per heavy atom. The molecule has 1 unspecified atom stereocenters. The summed E-state index contributed by atoms with van der Waals surface area (Å²) in [6, 6.07) is 0. The molecule has 0 N–H and O–H groups in total. The van der Waals surface area contributed by atoms with Gasteiger partial charge in [0.1, 0.15) is 0 Å². The Labute approximate surface area is 140 Å². The van der Waals surface area contributed by atoms with E-state index in [0.29, 0.717) is 17.6 Å². The number of allylic oxidation sites excluding steroid dienone is 5. The van der Waals surface area contributed by atoms with Gasteiger partial charge >= 0.3 is 0 Å². The van der Waals surface area contributed by atoms with Crippen molar-refractivity contribution in [2.45, 2.75) is 59.3 Å². The second-order valence-electron chi connectivity index (χ2n) is 8.73. The van der Waals surface area contributed by atoms with Crippen molar-refractivity contribution in [1.82, 2.24) is 0 Å². The number of hydrogen-bond donors (Lipinski definition) is 0. The number of carbonyl (C=O) groups excluding carboxylic acids is 1. The maximum atomic E-state index is 11.9. The van der Waals surface area contributed by atoms with E-state index in [-0.39, 0.29) is 10.8 Å². The molecule has 0 radical (unpaired) electrons. The first-order valence-corrected chi connectivity index (χ1v) is 9.25. The summed E-state index contributed by atoms with van der Waals surface area (Å²) >= 11 is 0. The summed E-state index contributed by atoms with van der Waals surface area (Å²) in [7, 11) is 0. The van der Waals surface area contributed by atoms with Crippen molar-refractivity contribution in [2.75, 3.05) is 0 Å². The van der Waals surface area contributed by atoms with Crippen LogP contribution in [0, 0.1) is 28.6 Å². The first kappa shape index (κ1) is 15.2. The highest BCUT2D eigenvalue weighted by atomic mass is 16.1. The highest BCUT2D eigenvalue weighted by molar-refractivity contribution is 5.92. The molecule has 0 aliphatic heterocycles. The van der Waals surface area contributed by atoms with Gasteiger partial charge in [0.15, 0.2) is 5.78 Å². The molecule has 0 bridgehead atoms. The maximum absolute atomic E-state index is 11.9. The first-order valence-electron chi connectivity index (χ1n) is 9.25. The summed E-state index contributed by atoms with van der Waals surface area (Å²) in [4.78, 5) is 11.9. The number of hydrogen-bond acceptors (Lipinski definition) is 1. The molecule has 0 heterocycles. The molecular weight excluding hydrogens is 280 g/mol. The lowest BCUT2D eigenvalue weighted by atomic mass is 9.52. The van der Waals surface area contributed by atoms with Gasteiger partial charge in [-0.15, -0.1) is 5.73 Å². The summed E-state index contributed by atoms with van der Waals surface area (Å²) in [6.07, 6.45) is 11.0. The SMILES string of the molecule is C=C=C1C(C)C[C@H]2[C@@H]3CCC4=CC(=O)CC[C@]4(C)C3=CC[C@]12C. The number of carbonyl (C=O) groups is 1. The quantitative estimate of drug-likeness (QED) is 0.433. The average Bonchev–Trinajstić information content (AvgIpc) is 2.77. The van der Waals surface area contributed by atoms with E-state index >= 15 is 0 Å². The lowest BCUT2D eigenvalue weighted by molar-refractivity contribution is -0.115. The molecule has 0 saturated heterocycles. The monoisotopic (exact) mass is 308 g/mol. The summed E-state index contributed by atoms with van der Waals surface area (Å²) in [5.74, 6) is 2.38. The van der Waals surface area contributed by atoms with Crippen molar-refractivity contribution >= 4 is 5.78 Å². The zero-order valence-electron chi connectivity index (χ0n) is 14.7. The third kappa shape index (κ3) is 1.89. The van der Waals surface area contributed by atoms with Crippen molar-refractivity contribution in [3.05, 3.63) is 41.2 Å². The van der Waals surface area contributed by atoms with Gasteiger partial charge in [-0.3, -0.25) is 4.79 Å². The van der Waals surface area contributed by atoms with Gasteiger partial charge in [0.2, 0.25) is 0 Å². The Balaban J connectivity index is 1.79. The highest BCUT2D eigenvalue weighted by Crippen LogP contribution is 2.65. The lowest BCUT2D eigenvalue weighted by Crippen LogP contribution is -2.43. The molecular formula is C22H28O. The van der Waals surface area contributed by atoms with Gasteiger partial charge < -0.3 is 0 Å². The molecule has 4 aliphatic rings. The van der Waals surface area contributed by atoms with Crippen LogP contribution in [-0.2, 0) is 4.79 Å². The Morgan fingerprint density at radius 1 is 1.30 bits per heavy atom. The summed E-state index contributed by atoms with van der Waals surface area (Å²) in [6.45, 7) is 11.2. The third-order valence-corrected chi connectivity index (χ3v) is 7.63. The zero-order valence-corrected chi connectivity index (χ0v) is 14.7. The molecule has 23 heavy (non-hydrogen) atoms. The van der Waals surface area contributed by atoms with Gasteiger partial charge in [0, 0.05) is 17.3 Å². The number of ketones is 1. The third-order valence-electron chi connectivity index (χ3n) is 7.63. The van der Waals surface area contributed by atoms with Crippen molar-refractivity contribution in [2.24, 2.45) is 28.6 Å². The lowest BCUT2D eigenvalue weighted by Gasteiger charge is -2.52. The van der Waals surface area contributed by atoms with Gasteiger partial charge in [-0.1, -0.05) is 44.6 Å². The van der Waals surface area contributed by atoms with Gasteiger partial charge in [-0.25, -0.2) is 0 Å². The van der Waals surface area contributed by atoms with Gasteiger partial charge in [0.05, 0.1) is 0 Å². The Morgan fingerprint density at radius 3 is 2.83 bits per heavy atom. The predicted molar refractivity (Wildman–Crippen MR) is 93.9 cm³/mol. The van der Waals surface area contributed by atoms with Crippen LogP contribution in [-0.4, -0.2) is 5.78 Å². The minimum Gasteiger partial charge on any atom is -0.295 e. The van der Waals surface area contributed by atoms with Crippen LogP contribution in [0.4, 0.5) is 0 Å². The van der Waals surface area contributed by atoms with Crippen LogP contribution < -0.4 is 0 Å². The van der Waals surface area contributed by atoms with Crippen LogP contribution in [0.5, 0.6) is 0 Å². The molecule has 122 valence electrons. The average molecular weight is 308 g/mol. The molecule has 2 fully saturated rings. The van der Waals surface area contributed by atoms with Crippen LogP contribution in [0.3, 0.4) is 0 Å². The van der Waals surface area contributed by atoms with Crippen molar-refractivity contribution in [1.29, 1.82) is 0 Å². The van der Waals surface area contributed by atoms with E-state index in [1.807, 2.05) is 6.08 Å². The standard InChI is InChI=1S/C22H28O/c1-5-18-14(2)12-20-17-7-6-15-13-16(23)8-10-21(15,3)19(17)9-11-22(18,20)4/h9,13-14,17,20H,1,6-8,10-12H2,2-4H3/t14?,17-,20+,21+,22-/m1/s1. The Hall–Kier alpha value is -1.33. The van der Waals surface area contributed by atoms with E-state index in [9.17, 15) is 4.79 Å². The summed E-state index contributed by atoms with van der Waals surface area (Å²) in [5.41, 5.74) is 8.24. The molecule has 0 aromatic heterocycles. The van der Waals surface area contributed by atoms with Crippen molar-refractivity contribution in [3.63, 3.8) is 0 Å². The molecule has 0 amide bonds. The minimum absolute atomic E-state index is 0.155.